The van der Waals surface area contributed by atoms with Crippen LogP contribution in [0.5, 0.6) is 0 Å². The van der Waals surface area contributed by atoms with E-state index in [1.54, 1.807) is 0 Å². The summed E-state index contributed by atoms with van der Waals surface area (Å²) >= 11 is 0. The fourth-order valence-corrected chi connectivity index (χ4v) is 6.38. The third kappa shape index (κ3) is 2.82. The Kier molecular flexibility index (Phi) is 4.05. The summed E-state index contributed by atoms with van der Waals surface area (Å²) < 4.78 is 15.0. The molecule has 3 heterocycles. The van der Waals surface area contributed by atoms with Crippen molar-refractivity contribution >= 4 is 65.7 Å². The molecule has 39 heavy (non-hydrogen) atoms. The first-order valence-corrected chi connectivity index (χ1v) is 13.2. The van der Waals surface area contributed by atoms with E-state index < -0.39 is 0 Å². The van der Waals surface area contributed by atoms with Gasteiger partial charge in [0.25, 0.3) is 0 Å². The number of hydrogen-bond donors (Lipinski definition) is 0. The monoisotopic (exact) mass is 499 g/mol. The van der Waals surface area contributed by atoms with Gasteiger partial charge in [-0.2, -0.15) is 0 Å². The van der Waals surface area contributed by atoms with E-state index in [1.807, 2.05) is 18.2 Å². The maximum atomic E-state index is 6.41. The number of fused-ring (bicyclic) bond motifs is 9. The Morgan fingerprint density at radius 1 is 0.385 bits per heavy atom. The van der Waals surface area contributed by atoms with Crippen LogP contribution in [0.25, 0.3) is 82.5 Å². The van der Waals surface area contributed by atoms with E-state index in [2.05, 4.69) is 114 Å². The number of rotatable bonds is 2. The summed E-state index contributed by atoms with van der Waals surface area (Å²) in [7, 11) is 0. The average molecular weight is 500 g/mol. The molecule has 3 aromatic heterocycles. The van der Waals surface area contributed by atoms with Crippen molar-refractivity contribution in [3.63, 3.8) is 0 Å². The molecule has 0 radical (unpaired) electrons. The van der Waals surface area contributed by atoms with Crippen LogP contribution in [0.2, 0.25) is 0 Å². The lowest BCUT2D eigenvalue weighted by Gasteiger charge is -2.09. The van der Waals surface area contributed by atoms with Gasteiger partial charge in [0, 0.05) is 38.0 Å². The van der Waals surface area contributed by atoms with Gasteiger partial charge >= 0.3 is 0 Å². The average Bonchev–Trinajstić information content (AvgIpc) is 3.66. The maximum Gasteiger partial charge on any atom is 0.136 e. The molecule has 6 aromatic carbocycles. The van der Waals surface area contributed by atoms with Gasteiger partial charge in [0.2, 0.25) is 0 Å². The molecule has 0 saturated heterocycles. The number of benzene rings is 6. The van der Waals surface area contributed by atoms with Crippen molar-refractivity contribution in [2.75, 3.05) is 0 Å². The van der Waals surface area contributed by atoms with Crippen molar-refractivity contribution in [3.05, 3.63) is 127 Å². The third-order valence-corrected chi connectivity index (χ3v) is 8.01. The van der Waals surface area contributed by atoms with Crippen molar-refractivity contribution in [2.45, 2.75) is 0 Å². The number of hydrogen-bond acceptors (Lipinski definition) is 2. The van der Waals surface area contributed by atoms with Gasteiger partial charge in [-0.05, 0) is 59.7 Å². The van der Waals surface area contributed by atoms with Crippen molar-refractivity contribution in [1.82, 2.24) is 4.57 Å². The number of aromatic nitrogens is 1. The molecule has 0 N–H and O–H groups in total. The van der Waals surface area contributed by atoms with E-state index in [-0.39, 0.29) is 0 Å². The lowest BCUT2D eigenvalue weighted by molar-refractivity contribution is 0.668. The van der Waals surface area contributed by atoms with Crippen LogP contribution < -0.4 is 0 Å². The van der Waals surface area contributed by atoms with Gasteiger partial charge in [0.15, 0.2) is 0 Å². The summed E-state index contributed by atoms with van der Waals surface area (Å²) in [6.45, 7) is 0. The molecular formula is C36H21NO2. The van der Waals surface area contributed by atoms with Gasteiger partial charge in [-0.15, -0.1) is 0 Å². The molecule has 0 bridgehead atoms. The summed E-state index contributed by atoms with van der Waals surface area (Å²) in [5, 5.41) is 6.99. The zero-order valence-corrected chi connectivity index (χ0v) is 20.9. The fourth-order valence-electron chi connectivity index (χ4n) is 6.38. The highest BCUT2D eigenvalue weighted by atomic mass is 16.3. The van der Waals surface area contributed by atoms with Crippen molar-refractivity contribution < 1.29 is 8.83 Å². The predicted molar refractivity (Wildman–Crippen MR) is 161 cm³/mol. The number of nitrogens with zero attached hydrogens (tertiary/aromatic N) is 1. The first-order chi connectivity index (χ1) is 19.3. The Morgan fingerprint density at radius 2 is 0.897 bits per heavy atom. The summed E-state index contributed by atoms with van der Waals surface area (Å²) in [5.41, 5.74) is 9.35. The van der Waals surface area contributed by atoms with Crippen LogP contribution in [0.3, 0.4) is 0 Å². The fraction of sp³-hybridized carbons (Fsp3) is 0. The molecule has 0 atom stereocenters. The van der Waals surface area contributed by atoms with Gasteiger partial charge in [0.05, 0.1) is 11.0 Å². The molecule has 0 amide bonds. The topological polar surface area (TPSA) is 31.2 Å². The second kappa shape index (κ2) is 7.62. The smallest absolute Gasteiger partial charge is 0.136 e. The number of furan rings is 2. The van der Waals surface area contributed by atoms with Crippen LogP contribution in [0.4, 0.5) is 0 Å². The highest BCUT2D eigenvalue weighted by Crippen LogP contribution is 2.43. The van der Waals surface area contributed by atoms with Crippen LogP contribution in [0, 0.1) is 0 Å². The van der Waals surface area contributed by atoms with Gasteiger partial charge in [-0.25, -0.2) is 0 Å². The highest BCUT2D eigenvalue weighted by molar-refractivity contribution is 6.19. The largest absolute Gasteiger partial charge is 0.456 e. The maximum absolute atomic E-state index is 6.41. The molecule has 0 aliphatic rings. The molecule has 0 aliphatic carbocycles. The molecule has 0 spiro atoms. The van der Waals surface area contributed by atoms with E-state index in [0.717, 1.165) is 60.7 Å². The Labute approximate surface area is 223 Å². The second-order valence-corrected chi connectivity index (χ2v) is 10.1. The molecule has 0 unspecified atom stereocenters. The lowest BCUT2D eigenvalue weighted by atomic mass is 9.95. The zero-order chi connectivity index (χ0) is 25.5. The predicted octanol–water partition coefficient (Wildman–Crippen LogP) is 10.2. The molecule has 9 rings (SSSR count). The lowest BCUT2D eigenvalue weighted by Crippen LogP contribution is -1.93. The van der Waals surface area contributed by atoms with E-state index in [9.17, 15) is 0 Å². The summed E-state index contributed by atoms with van der Waals surface area (Å²) in [5.74, 6) is 0. The van der Waals surface area contributed by atoms with E-state index in [0.29, 0.717) is 0 Å². The summed E-state index contributed by atoms with van der Waals surface area (Å²) in [6, 6.07) is 44.7. The van der Waals surface area contributed by atoms with Crippen LogP contribution in [-0.4, -0.2) is 4.57 Å². The second-order valence-electron chi connectivity index (χ2n) is 10.1. The molecule has 3 nitrogen and oxygen atoms in total. The Balaban J connectivity index is 1.38. The zero-order valence-electron chi connectivity index (χ0n) is 20.9. The molecular weight excluding hydrogens is 478 g/mol. The van der Waals surface area contributed by atoms with Crippen molar-refractivity contribution in [2.24, 2.45) is 0 Å². The summed E-state index contributed by atoms with van der Waals surface area (Å²) in [6.07, 6.45) is 0. The third-order valence-electron chi connectivity index (χ3n) is 8.01. The standard InChI is InChI=1S/C36H21NO2/c1-4-14-29-23(9-1)24-10-2-5-15-30(24)37(29)22-19-20-32-28(21-22)36-26(13-8-18-34(36)39-32)25-12-7-17-33-35(25)27-11-3-6-16-31(27)38-33/h1-21H. The normalized spacial score (nSPS) is 12.1. The van der Waals surface area contributed by atoms with Crippen molar-refractivity contribution in [1.29, 1.82) is 0 Å². The minimum Gasteiger partial charge on any atom is -0.456 e. The molecule has 0 saturated carbocycles. The minimum absolute atomic E-state index is 0.881. The molecule has 0 aliphatic heterocycles. The van der Waals surface area contributed by atoms with Crippen LogP contribution in [0.1, 0.15) is 0 Å². The molecule has 9 aromatic rings. The van der Waals surface area contributed by atoms with Crippen molar-refractivity contribution in [3.8, 4) is 16.8 Å². The van der Waals surface area contributed by atoms with Gasteiger partial charge < -0.3 is 13.4 Å². The van der Waals surface area contributed by atoms with Gasteiger partial charge in [-0.3, -0.25) is 0 Å². The Hall–Kier alpha value is -5.28. The van der Waals surface area contributed by atoms with Crippen LogP contribution >= 0.6 is 0 Å². The van der Waals surface area contributed by atoms with E-state index >= 15 is 0 Å². The SMILES string of the molecule is c1ccc2c(c1)oc1cccc(-c3cccc4oc5ccc(-n6c7ccccc7c7ccccc76)cc5c34)c12. The van der Waals surface area contributed by atoms with E-state index in [4.69, 9.17) is 8.83 Å². The van der Waals surface area contributed by atoms with Crippen LogP contribution in [-0.2, 0) is 0 Å². The first-order valence-electron chi connectivity index (χ1n) is 13.2. The van der Waals surface area contributed by atoms with Gasteiger partial charge in [-0.1, -0.05) is 78.9 Å². The Morgan fingerprint density at radius 3 is 1.56 bits per heavy atom. The first kappa shape index (κ1) is 20.7. The quantitative estimate of drug-likeness (QED) is 0.237. The minimum atomic E-state index is 0.881. The molecule has 3 heteroatoms. The summed E-state index contributed by atoms with van der Waals surface area (Å²) in [4.78, 5) is 0. The molecule has 0 fully saturated rings. The number of para-hydroxylation sites is 3. The highest BCUT2D eigenvalue weighted by Gasteiger charge is 2.19. The van der Waals surface area contributed by atoms with E-state index in [1.165, 1.54) is 21.8 Å². The van der Waals surface area contributed by atoms with Gasteiger partial charge in [0.1, 0.15) is 22.3 Å². The van der Waals surface area contributed by atoms with Crippen LogP contribution in [0.15, 0.2) is 136 Å². The molecule has 182 valence electrons. The Bertz CT molecular complexity index is 2350.